The van der Waals surface area contributed by atoms with Crippen molar-refractivity contribution in [1.82, 2.24) is 10.0 Å². The lowest BCUT2D eigenvalue weighted by molar-refractivity contribution is 0.0679. The van der Waals surface area contributed by atoms with E-state index in [1.54, 1.807) is 0 Å². The summed E-state index contributed by atoms with van der Waals surface area (Å²) in [5.41, 5.74) is 4.37. The Hall–Kier alpha value is -2.06. The Morgan fingerprint density at radius 3 is 2.63 bits per heavy atom. The van der Waals surface area contributed by atoms with Crippen LogP contribution in [0, 0.1) is 0 Å². The number of hydrogen-bond acceptors (Lipinski definition) is 5. The standard InChI is InChI=1S/C28H38N2O4S/c1-19(30-35(32)28(2,3)4)21-7-8-23-17-24(12-9-22(23)16-21)29-27(31)20-10-13-25(14-11-20)34-18-26-6-5-15-33-26/h7-8,10-11,13-14,16,19,24,26,30H,5-6,9,12,15,17-18H2,1-4H3,(H,29,31)/t19-,24?,26?,35?/m0/s1. The highest BCUT2D eigenvalue weighted by Gasteiger charge is 2.29. The number of benzene rings is 2. The second-order valence-electron chi connectivity index (χ2n) is 10.6. The molecule has 1 aliphatic heterocycles. The lowest BCUT2D eigenvalue weighted by atomic mass is 9.86. The molecule has 0 spiro atoms. The van der Waals surface area contributed by atoms with Crippen molar-refractivity contribution in [3.63, 3.8) is 0 Å². The Morgan fingerprint density at radius 1 is 1.17 bits per heavy atom. The molecule has 35 heavy (non-hydrogen) atoms. The van der Waals surface area contributed by atoms with Crippen molar-refractivity contribution in [2.45, 2.75) is 82.7 Å². The summed E-state index contributed by atoms with van der Waals surface area (Å²) in [7, 11) is 0. The molecule has 0 saturated carbocycles. The minimum Gasteiger partial charge on any atom is -0.598 e. The maximum Gasteiger partial charge on any atom is 0.251 e. The van der Waals surface area contributed by atoms with Gasteiger partial charge in [-0.05, 0) is 101 Å². The molecule has 3 unspecified atom stereocenters. The molecule has 2 N–H and O–H groups in total. The van der Waals surface area contributed by atoms with E-state index < -0.39 is 11.4 Å². The summed E-state index contributed by atoms with van der Waals surface area (Å²) in [5, 5.41) is 3.20. The van der Waals surface area contributed by atoms with Gasteiger partial charge in [0.25, 0.3) is 5.91 Å². The van der Waals surface area contributed by atoms with Crippen LogP contribution in [-0.4, -0.2) is 40.6 Å². The monoisotopic (exact) mass is 498 g/mol. The first-order valence-electron chi connectivity index (χ1n) is 12.6. The first-order valence-corrected chi connectivity index (χ1v) is 13.8. The van der Waals surface area contributed by atoms with Crippen LogP contribution in [0.25, 0.3) is 0 Å². The fourth-order valence-electron chi connectivity index (χ4n) is 4.51. The highest BCUT2D eigenvalue weighted by molar-refractivity contribution is 7.90. The number of rotatable bonds is 8. The summed E-state index contributed by atoms with van der Waals surface area (Å²) in [6, 6.07) is 13.9. The van der Waals surface area contributed by atoms with Gasteiger partial charge in [-0.15, -0.1) is 4.72 Å². The summed E-state index contributed by atoms with van der Waals surface area (Å²) < 4.78 is 26.8. The lowest BCUT2D eigenvalue weighted by Gasteiger charge is -2.28. The van der Waals surface area contributed by atoms with E-state index in [4.69, 9.17) is 9.47 Å². The van der Waals surface area contributed by atoms with Gasteiger partial charge in [0.05, 0.1) is 12.1 Å². The largest absolute Gasteiger partial charge is 0.598 e. The van der Waals surface area contributed by atoms with Gasteiger partial charge in [0.2, 0.25) is 0 Å². The SMILES string of the molecule is C[C@H](N[S+]([O-])C(C)(C)C)c1ccc2c(c1)CCC(NC(=O)c1ccc(OCC3CCCO3)cc1)C2. The van der Waals surface area contributed by atoms with E-state index in [1.165, 1.54) is 11.1 Å². The van der Waals surface area contributed by atoms with Crippen molar-refractivity contribution in [3.8, 4) is 5.75 Å². The third-order valence-corrected chi connectivity index (χ3v) is 8.39. The van der Waals surface area contributed by atoms with E-state index >= 15 is 0 Å². The van der Waals surface area contributed by atoms with Crippen LogP contribution in [0.2, 0.25) is 0 Å². The van der Waals surface area contributed by atoms with Gasteiger partial charge in [0.15, 0.2) is 0 Å². The molecule has 0 radical (unpaired) electrons. The molecule has 1 fully saturated rings. The molecule has 1 heterocycles. The van der Waals surface area contributed by atoms with E-state index in [-0.39, 0.29) is 28.8 Å². The van der Waals surface area contributed by atoms with Crippen LogP contribution in [0.5, 0.6) is 5.75 Å². The predicted octanol–water partition coefficient (Wildman–Crippen LogP) is 4.64. The van der Waals surface area contributed by atoms with Gasteiger partial charge in [-0.25, -0.2) is 0 Å². The van der Waals surface area contributed by atoms with E-state index in [0.29, 0.717) is 12.2 Å². The van der Waals surface area contributed by atoms with Crippen molar-refractivity contribution >= 4 is 17.3 Å². The van der Waals surface area contributed by atoms with Crippen LogP contribution in [0.15, 0.2) is 42.5 Å². The van der Waals surface area contributed by atoms with E-state index in [0.717, 1.165) is 50.0 Å². The molecule has 0 bridgehead atoms. The second kappa shape index (κ2) is 11.3. The van der Waals surface area contributed by atoms with Crippen molar-refractivity contribution < 1.29 is 18.8 Å². The van der Waals surface area contributed by atoms with Crippen LogP contribution in [0.4, 0.5) is 0 Å². The molecule has 1 saturated heterocycles. The van der Waals surface area contributed by atoms with E-state index in [2.05, 4.69) is 35.2 Å². The normalized spacial score (nSPS) is 21.7. The Kier molecular flexibility index (Phi) is 8.42. The van der Waals surface area contributed by atoms with E-state index in [9.17, 15) is 9.35 Å². The van der Waals surface area contributed by atoms with Gasteiger partial charge < -0.3 is 19.3 Å². The molecule has 2 aliphatic rings. The molecule has 4 rings (SSSR count). The number of nitrogens with one attached hydrogen (secondary N) is 2. The third-order valence-electron chi connectivity index (χ3n) is 6.71. The van der Waals surface area contributed by atoms with Crippen molar-refractivity contribution in [2.24, 2.45) is 0 Å². The smallest absolute Gasteiger partial charge is 0.251 e. The Bertz CT molecular complexity index is 999. The van der Waals surface area contributed by atoms with Gasteiger partial charge in [-0.1, -0.05) is 18.2 Å². The van der Waals surface area contributed by atoms with Gasteiger partial charge in [-0.3, -0.25) is 4.79 Å². The summed E-state index contributed by atoms with van der Waals surface area (Å²) in [6.45, 7) is 9.33. The summed E-state index contributed by atoms with van der Waals surface area (Å²) in [4.78, 5) is 12.8. The maximum atomic E-state index is 12.8. The molecule has 7 heteroatoms. The molecule has 1 aliphatic carbocycles. The second-order valence-corrected chi connectivity index (χ2v) is 12.6. The zero-order valence-corrected chi connectivity index (χ0v) is 22.1. The Morgan fingerprint density at radius 2 is 1.94 bits per heavy atom. The molecule has 6 nitrogen and oxygen atoms in total. The molecule has 190 valence electrons. The zero-order valence-electron chi connectivity index (χ0n) is 21.3. The fourth-order valence-corrected chi connectivity index (χ4v) is 5.32. The van der Waals surface area contributed by atoms with Gasteiger partial charge in [-0.2, -0.15) is 0 Å². The highest BCUT2D eigenvalue weighted by Crippen LogP contribution is 2.27. The van der Waals surface area contributed by atoms with Crippen molar-refractivity contribution in [3.05, 3.63) is 64.7 Å². The van der Waals surface area contributed by atoms with Crippen LogP contribution in [-0.2, 0) is 28.9 Å². The first kappa shape index (κ1) is 26.0. The van der Waals surface area contributed by atoms with Crippen LogP contribution in [0.1, 0.15) is 80.0 Å². The first-order chi connectivity index (χ1) is 16.7. The fraction of sp³-hybridized carbons (Fsp3) is 0.536. The molecule has 1 amide bonds. The quantitative estimate of drug-likeness (QED) is 0.518. The van der Waals surface area contributed by atoms with Crippen molar-refractivity contribution in [2.75, 3.05) is 13.2 Å². The molecular formula is C28H38N2O4S. The van der Waals surface area contributed by atoms with Gasteiger partial charge in [0, 0.05) is 29.6 Å². The van der Waals surface area contributed by atoms with Crippen LogP contribution >= 0.6 is 0 Å². The highest BCUT2D eigenvalue weighted by atomic mass is 32.2. The number of carbonyl (C=O) groups is 1. The number of fused-ring (bicyclic) bond motifs is 1. The number of ether oxygens (including phenoxy) is 2. The maximum absolute atomic E-state index is 12.8. The Labute approximate surface area is 212 Å². The minimum atomic E-state index is -1.12. The molecular weight excluding hydrogens is 460 g/mol. The Balaban J connectivity index is 1.29. The molecule has 2 aromatic carbocycles. The van der Waals surface area contributed by atoms with Gasteiger partial charge >= 0.3 is 0 Å². The summed E-state index contributed by atoms with van der Waals surface area (Å²) >= 11 is -1.12. The average molecular weight is 499 g/mol. The topological polar surface area (TPSA) is 82.7 Å². The third kappa shape index (κ3) is 7.00. The van der Waals surface area contributed by atoms with Gasteiger partial charge in [0.1, 0.15) is 17.1 Å². The van der Waals surface area contributed by atoms with E-state index in [1.807, 2.05) is 45.0 Å². The molecule has 4 atom stereocenters. The number of aryl methyl sites for hydroxylation is 1. The van der Waals surface area contributed by atoms with Crippen molar-refractivity contribution in [1.29, 1.82) is 0 Å². The lowest BCUT2D eigenvalue weighted by Crippen LogP contribution is -2.40. The predicted molar refractivity (Wildman–Crippen MR) is 140 cm³/mol. The molecule has 0 aromatic heterocycles. The number of amides is 1. The summed E-state index contributed by atoms with van der Waals surface area (Å²) in [6.07, 6.45) is 4.95. The molecule has 2 aromatic rings. The number of hydrogen-bond donors (Lipinski definition) is 2. The minimum absolute atomic E-state index is 0.00965. The zero-order chi connectivity index (χ0) is 25.0. The number of carbonyl (C=O) groups excluding carboxylic acids is 1. The van der Waals surface area contributed by atoms with Crippen LogP contribution < -0.4 is 14.8 Å². The van der Waals surface area contributed by atoms with Crippen LogP contribution in [0.3, 0.4) is 0 Å². The average Bonchev–Trinajstić information content (AvgIpc) is 3.36. The summed E-state index contributed by atoms with van der Waals surface area (Å²) in [5.74, 6) is 0.706.